The van der Waals surface area contributed by atoms with Crippen LogP contribution in [0.3, 0.4) is 0 Å². The minimum atomic E-state index is -0.593. The number of nitrogens with one attached hydrogen (secondary N) is 2. The van der Waals surface area contributed by atoms with E-state index < -0.39 is 11.7 Å². The zero-order valence-electron chi connectivity index (χ0n) is 19.5. The molecule has 2 amide bonds. The van der Waals surface area contributed by atoms with Crippen molar-refractivity contribution in [2.45, 2.75) is 104 Å². The first kappa shape index (κ1) is 26.0. The Morgan fingerprint density at radius 3 is 1.90 bits per heavy atom. The largest absolute Gasteiger partial charge is 0.444 e. The molecule has 0 radical (unpaired) electrons. The fourth-order valence-corrected chi connectivity index (χ4v) is 3.24. The summed E-state index contributed by atoms with van der Waals surface area (Å²) in [5.74, 6) is -0.275. The normalized spacial score (nSPS) is 11.2. The van der Waals surface area contributed by atoms with Gasteiger partial charge in [-0.1, -0.05) is 76.8 Å². The van der Waals surface area contributed by atoms with Crippen LogP contribution in [0.4, 0.5) is 10.5 Å². The Bertz CT molecular complexity index is 606. The van der Waals surface area contributed by atoms with Crippen LogP contribution in [0.15, 0.2) is 24.3 Å². The highest BCUT2D eigenvalue weighted by Gasteiger charge is 2.16. The third-order valence-corrected chi connectivity index (χ3v) is 4.85. The highest BCUT2D eigenvalue weighted by Crippen LogP contribution is 2.14. The Kier molecular flexibility index (Phi) is 12.9. The lowest BCUT2D eigenvalue weighted by Gasteiger charge is -2.19. The number of unbranched alkanes of at least 4 members (excludes halogenated alkanes) is 9. The van der Waals surface area contributed by atoms with Crippen molar-refractivity contribution in [3.63, 3.8) is 0 Å². The van der Waals surface area contributed by atoms with Crippen molar-refractivity contribution in [1.82, 2.24) is 5.32 Å². The summed E-state index contributed by atoms with van der Waals surface area (Å²) in [6.07, 6.45) is 13.9. The van der Waals surface area contributed by atoms with Gasteiger partial charge in [-0.3, -0.25) is 4.79 Å². The Morgan fingerprint density at radius 2 is 1.37 bits per heavy atom. The molecular formula is C25H42N2O3. The molecule has 5 heteroatoms. The van der Waals surface area contributed by atoms with Gasteiger partial charge in [0.05, 0.1) is 0 Å². The first-order valence-corrected chi connectivity index (χ1v) is 11.7. The van der Waals surface area contributed by atoms with Crippen molar-refractivity contribution in [3.8, 4) is 0 Å². The Hall–Kier alpha value is -2.04. The maximum absolute atomic E-state index is 12.0. The molecule has 0 saturated heterocycles. The highest BCUT2D eigenvalue weighted by molar-refractivity contribution is 5.93. The van der Waals surface area contributed by atoms with Gasteiger partial charge in [0.1, 0.15) is 12.1 Å². The van der Waals surface area contributed by atoms with E-state index in [2.05, 4.69) is 29.7 Å². The summed E-state index contributed by atoms with van der Waals surface area (Å²) >= 11 is 0. The molecule has 0 unspecified atom stereocenters. The number of carbonyl (C=O) groups excluding carboxylic acids is 2. The highest BCUT2D eigenvalue weighted by atomic mass is 16.6. The molecule has 30 heavy (non-hydrogen) atoms. The van der Waals surface area contributed by atoms with Gasteiger partial charge in [0.15, 0.2) is 0 Å². The van der Waals surface area contributed by atoms with Gasteiger partial charge in [0.25, 0.3) is 0 Å². The fourth-order valence-electron chi connectivity index (χ4n) is 3.24. The van der Waals surface area contributed by atoms with Crippen molar-refractivity contribution >= 4 is 17.7 Å². The number of alkyl carbamates (subject to hydrolysis) is 1. The molecule has 0 aromatic heterocycles. The van der Waals surface area contributed by atoms with Gasteiger partial charge < -0.3 is 15.4 Å². The zero-order chi connectivity index (χ0) is 22.2. The SMILES string of the molecule is CCCCCCCCCCCCc1ccc(NC(=O)CNC(=O)OC(C)(C)C)cc1. The summed E-state index contributed by atoms with van der Waals surface area (Å²) < 4.78 is 5.11. The van der Waals surface area contributed by atoms with Crippen molar-refractivity contribution in [2.75, 3.05) is 11.9 Å². The molecule has 0 bridgehead atoms. The maximum atomic E-state index is 12.0. The van der Waals surface area contributed by atoms with Crippen molar-refractivity contribution < 1.29 is 14.3 Å². The van der Waals surface area contributed by atoms with Gasteiger partial charge in [-0.25, -0.2) is 4.79 Å². The number of hydrogen-bond acceptors (Lipinski definition) is 3. The molecule has 0 atom stereocenters. The van der Waals surface area contributed by atoms with Gasteiger partial charge in [0, 0.05) is 5.69 Å². The molecule has 0 aliphatic carbocycles. The molecule has 1 aromatic rings. The molecule has 5 nitrogen and oxygen atoms in total. The average molecular weight is 419 g/mol. The topological polar surface area (TPSA) is 67.4 Å². The number of hydrogen-bond donors (Lipinski definition) is 2. The number of rotatable bonds is 14. The molecule has 0 heterocycles. The van der Waals surface area contributed by atoms with Crippen LogP contribution in [0.1, 0.15) is 97.5 Å². The Labute approximate surface area is 183 Å². The molecule has 0 saturated carbocycles. The predicted molar refractivity (Wildman–Crippen MR) is 125 cm³/mol. The first-order valence-electron chi connectivity index (χ1n) is 11.7. The lowest BCUT2D eigenvalue weighted by Crippen LogP contribution is -2.37. The van der Waals surface area contributed by atoms with Crippen molar-refractivity contribution in [3.05, 3.63) is 29.8 Å². The molecule has 0 aliphatic rings. The van der Waals surface area contributed by atoms with E-state index in [0.29, 0.717) is 0 Å². The summed E-state index contributed by atoms with van der Waals surface area (Å²) in [7, 11) is 0. The standard InChI is InChI=1S/C25H42N2O3/c1-5-6-7-8-9-10-11-12-13-14-15-21-16-18-22(19-17-21)27-23(28)20-26-24(29)30-25(2,3)4/h16-19H,5-15,20H2,1-4H3,(H,26,29)(H,27,28). The lowest BCUT2D eigenvalue weighted by atomic mass is 10.0. The third-order valence-electron chi connectivity index (χ3n) is 4.85. The number of anilines is 1. The first-order chi connectivity index (χ1) is 14.3. The van der Waals surface area contributed by atoms with Gasteiger partial charge in [-0.05, 0) is 51.3 Å². The van der Waals surface area contributed by atoms with E-state index in [-0.39, 0.29) is 12.5 Å². The van der Waals surface area contributed by atoms with Crippen LogP contribution in [0.25, 0.3) is 0 Å². The fraction of sp³-hybridized carbons (Fsp3) is 0.680. The molecule has 0 aliphatic heterocycles. The summed E-state index contributed by atoms with van der Waals surface area (Å²) in [5, 5.41) is 5.25. The molecule has 2 N–H and O–H groups in total. The van der Waals surface area contributed by atoms with Gasteiger partial charge >= 0.3 is 6.09 Å². The minimum absolute atomic E-state index is 0.116. The van der Waals surface area contributed by atoms with Crippen LogP contribution < -0.4 is 10.6 Å². The number of carbonyl (C=O) groups is 2. The van der Waals surface area contributed by atoms with E-state index in [1.54, 1.807) is 20.8 Å². The average Bonchev–Trinajstić information content (AvgIpc) is 2.68. The van der Waals surface area contributed by atoms with Crippen molar-refractivity contribution in [2.24, 2.45) is 0 Å². The number of amides is 2. The molecular weight excluding hydrogens is 376 g/mol. The molecule has 0 fully saturated rings. The van der Waals surface area contributed by atoms with Crippen LogP contribution in [-0.4, -0.2) is 24.1 Å². The molecule has 1 rings (SSSR count). The number of benzene rings is 1. The van der Waals surface area contributed by atoms with Crippen LogP contribution in [0, 0.1) is 0 Å². The van der Waals surface area contributed by atoms with E-state index in [1.807, 2.05) is 12.1 Å². The summed E-state index contributed by atoms with van der Waals surface area (Å²) in [4.78, 5) is 23.5. The number of aryl methyl sites for hydroxylation is 1. The molecule has 1 aromatic carbocycles. The quantitative estimate of drug-likeness (QED) is 0.334. The van der Waals surface area contributed by atoms with E-state index in [0.717, 1.165) is 12.1 Å². The molecule has 0 spiro atoms. The van der Waals surface area contributed by atoms with Crippen LogP contribution in [0.2, 0.25) is 0 Å². The van der Waals surface area contributed by atoms with Gasteiger partial charge in [-0.2, -0.15) is 0 Å². The maximum Gasteiger partial charge on any atom is 0.408 e. The number of ether oxygens (including phenoxy) is 1. The monoisotopic (exact) mass is 418 g/mol. The van der Waals surface area contributed by atoms with Crippen LogP contribution in [-0.2, 0) is 16.0 Å². The predicted octanol–water partition coefficient (Wildman–Crippen LogP) is 6.61. The Balaban J connectivity index is 2.13. The van der Waals surface area contributed by atoms with E-state index in [4.69, 9.17) is 4.74 Å². The van der Waals surface area contributed by atoms with Crippen LogP contribution in [0.5, 0.6) is 0 Å². The lowest BCUT2D eigenvalue weighted by molar-refractivity contribution is -0.115. The zero-order valence-corrected chi connectivity index (χ0v) is 19.5. The summed E-state index contributed by atoms with van der Waals surface area (Å²) in [6.45, 7) is 7.49. The smallest absolute Gasteiger partial charge is 0.408 e. The Morgan fingerprint density at radius 1 is 0.833 bits per heavy atom. The second-order valence-electron chi connectivity index (χ2n) is 9.03. The van der Waals surface area contributed by atoms with E-state index >= 15 is 0 Å². The summed E-state index contributed by atoms with van der Waals surface area (Å²) in [6, 6.07) is 7.95. The van der Waals surface area contributed by atoms with Gasteiger partial charge in [-0.15, -0.1) is 0 Å². The second kappa shape index (κ2) is 14.9. The van der Waals surface area contributed by atoms with E-state index in [1.165, 1.54) is 69.8 Å². The summed E-state index contributed by atoms with van der Waals surface area (Å²) in [5.41, 5.74) is 1.45. The van der Waals surface area contributed by atoms with E-state index in [9.17, 15) is 9.59 Å². The third kappa shape index (κ3) is 14.0. The van der Waals surface area contributed by atoms with Gasteiger partial charge in [0.2, 0.25) is 5.91 Å². The molecule has 170 valence electrons. The second-order valence-corrected chi connectivity index (χ2v) is 9.03. The van der Waals surface area contributed by atoms with Crippen molar-refractivity contribution in [1.29, 1.82) is 0 Å². The van der Waals surface area contributed by atoms with Crippen LogP contribution >= 0.6 is 0 Å². The minimum Gasteiger partial charge on any atom is -0.444 e.